The quantitative estimate of drug-likeness (QED) is 0.641. The molecule has 134 valence electrons. The topological polar surface area (TPSA) is 71.3 Å². The standard InChI is InChI=1S/C19H16Cl2N2O3/c1-11-14-10-12(20)6-7-16(14)26-17(11)19(25)23-9-8-22-18(24)13-4-2-3-5-15(13)21/h2-7,10H,8-9H2,1H3,(H,22,24)(H,23,25). The van der Waals surface area contributed by atoms with Crippen molar-refractivity contribution in [2.45, 2.75) is 6.92 Å². The first-order valence-corrected chi connectivity index (χ1v) is 8.72. The van der Waals surface area contributed by atoms with Gasteiger partial charge in [-0.2, -0.15) is 0 Å². The van der Waals surface area contributed by atoms with Crippen molar-refractivity contribution in [3.05, 3.63) is 69.4 Å². The fourth-order valence-electron chi connectivity index (χ4n) is 2.58. The predicted octanol–water partition coefficient (Wildman–Crippen LogP) is 4.21. The first kappa shape index (κ1) is 18.3. The van der Waals surface area contributed by atoms with E-state index in [9.17, 15) is 9.59 Å². The van der Waals surface area contributed by atoms with E-state index in [1.165, 1.54) is 0 Å². The van der Waals surface area contributed by atoms with Crippen molar-refractivity contribution in [1.29, 1.82) is 0 Å². The molecule has 0 saturated heterocycles. The summed E-state index contributed by atoms with van der Waals surface area (Å²) in [5.41, 5.74) is 1.72. The van der Waals surface area contributed by atoms with Crippen molar-refractivity contribution in [2.24, 2.45) is 0 Å². The third-order valence-corrected chi connectivity index (χ3v) is 4.48. The predicted molar refractivity (Wildman–Crippen MR) is 102 cm³/mol. The molecule has 0 aliphatic heterocycles. The maximum Gasteiger partial charge on any atom is 0.287 e. The summed E-state index contributed by atoms with van der Waals surface area (Å²) in [5.74, 6) is -0.402. The molecule has 26 heavy (non-hydrogen) atoms. The Labute approximate surface area is 160 Å². The molecule has 1 aromatic heterocycles. The van der Waals surface area contributed by atoms with E-state index in [1.807, 2.05) is 0 Å². The van der Waals surface area contributed by atoms with Gasteiger partial charge in [-0.15, -0.1) is 0 Å². The van der Waals surface area contributed by atoms with E-state index >= 15 is 0 Å². The van der Waals surface area contributed by atoms with E-state index in [-0.39, 0.29) is 30.7 Å². The minimum atomic E-state index is -0.346. The molecule has 0 saturated carbocycles. The van der Waals surface area contributed by atoms with Crippen LogP contribution in [-0.4, -0.2) is 24.9 Å². The molecule has 0 bridgehead atoms. The van der Waals surface area contributed by atoms with Gasteiger partial charge in [0, 0.05) is 29.1 Å². The van der Waals surface area contributed by atoms with Crippen LogP contribution in [-0.2, 0) is 0 Å². The number of fused-ring (bicyclic) bond motifs is 1. The van der Waals surface area contributed by atoms with Crippen LogP contribution >= 0.6 is 23.2 Å². The van der Waals surface area contributed by atoms with Gasteiger partial charge < -0.3 is 15.1 Å². The van der Waals surface area contributed by atoms with Crippen molar-refractivity contribution in [3.8, 4) is 0 Å². The van der Waals surface area contributed by atoms with Gasteiger partial charge in [-0.05, 0) is 37.3 Å². The van der Waals surface area contributed by atoms with Crippen LogP contribution in [0.4, 0.5) is 0 Å². The summed E-state index contributed by atoms with van der Waals surface area (Å²) in [4.78, 5) is 24.4. The number of carbonyl (C=O) groups is 2. The Morgan fingerprint density at radius 3 is 2.42 bits per heavy atom. The smallest absolute Gasteiger partial charge is 0.287 e. The largest absolute Gasteiger partial charge is 0.451 e. The van der Waals surface area contributed by atoms with Crippen LogP contribution in [0.5, 0.6) is 0 Å². The molecule has 0 aliphatic rings. The number of rotatable bonds is 5. The van der Waals surface area contributed by atoms with Crippen molar-refractivity contribution in [1.82, 2.24) is 10.6 Å². The van der Waals surface area contributed by atoms with E-state index < -0.39 is 0 Å². The summed E-state index contributed by atoms with van der Waals surface area (Å²) in [6, 6.07) is 12.0. The third-order valence-electron chi connectivity index (χ3n) is 3.92. The van der Waals surface area contributed by atoms with Crippen LogP contribution in [0.2, 0.25) is 10.0 Å². The summed E-state index contributed by atoms with van der Waals surface area (Å²) in [6.07, 6.45) is 0. The van der Waals surface area contributed by atoms with Gasteiger partial charge in [0.2, 0.25) is 0 Å². The highest BCUT2D eigenvalue weighted by atomic mass is 35.5. The number of benzene rings is 2. The number of hydrogen-bond donors (Lipinski definition) is 2. The SMILES string of the molecule is Cc1c(C(=O)NCCNC(=O)c2ccccc2Cl)oc2ccc(Cl)cc12. The van der Waals surface area contributed by atoms with Crippen molar-refractivity contribution in [2.75, 3.05) is 13.1 Å². The van der Waals surface area contributed by atoms with E-state index in [1.54, 1.807) is 49.4 Å². The lowest BCUT2D eigenvalue weighted by Crippen LogP contribution is -2.34. The summed E-state index contributed by atoms with van der Waals surface area (Å²) in [6.45, 7) is 2.32. The second-order valence-corrected chi connectivity index (χ2v) is 6.53. The maximum absolute atomic E-state index is 12.3. The van der Waals surface area contributed by atoms with Gasteiger partial charge in [-0.1, -0.05) is 35.3 Å². The highest BCUT2D eigenvalue weighted by molar-refractivity contribution is 6.33. The Morgan fingerprint density at radius 2 is 1.69 bits per heavy atom. The molecule has 3 aromatic rings. The van der Waals surface area contributed by atoms with E-state index in [4.69, 9.17) is 27.6 Å². The molecule has 1 heterocycles. The lowest BCUT2D eigenvalue weighted by Gasteiger charge is -2.07. The fraction of sp³-hybridized carbons (Fsp3) is 0.158. The molecular formula is C19H16Cl2N2O3. The Balaban J connectivity index is 1.57. The molecule has 0 atom stereocenters. The molecule has 3 rings (SSSR count). The molecule has 7 heteroatoms. The molecule has 0 fully saturated rings. The van der Waals surface area contributed by atoms with Crippen LogP contribution < -0.4 is 10.6 Å². The zero-order valence-corrected chi connectivity index (χ0v) is 15.4. The normalized spacial score (nSPS) is 10.7. The monoisotopic (exact) mass is 390 g/mol. The van der Waals surface area contributed by atoms with Crippen LogP contribution in [0.15, 0.2) is 46.9 Å². The summed E-state index contributed by atoms with van der Waals surface area (Å²) in [5, 5.41) is 7.19. The number of nitrogens with one attached hydrogen (secondary N) is 2. The summed E-state index contributed by atoms with van der Waals surface area (Å²) in [7, 11) is 0. The number of aryl methyl sites for hydroxylation is 1. The number of furan rings is 1. The second-order valence-electron chi connectivity index (χ2n) is 5.69. The maximum atomic E-state index is 12.3. The lowest BCUT2D eigenvalue weighted by molar-refractivity contribution is 0.0911. The average Bonchev–Trinajstić information content (AvgIpc) is 2.95. The number of hydrogen-bond acceptors (Lipinski definition) is 3. The number of halogens is 2. The Kier molecular flexibility index (Phi) is 5.49. The summed E-state index contributed by atoms with van der Waals surface area (Å²) < 4.78 is 5.60. The zero-order valence-electron chi connectivity index (χ0n) is 13.9. The Bertz CT molecular complexity index is 982. The third kappa shape index (κ3) is 3.84. The van der Waals surface area contributed by atoms with Crippen LogP contribution in [0.25, 0.3) is 11.0 Å². The molecule has 0 aliphatic carbocycles. The van der Waals surface area contributed by atoms with Crippen LogP contribution in [0.3, 0.4) is 0 Å². The van der Waals surface area contributed by atoms with Crippen molar-refractivity contribution in [3.63, 3.8) is 0 Å². The minimum absolute atomic E-state index is 0.236. The molecular weight excluding hydrogens is 375 g/mol. The Morgan fingerprint density at radius 1 is 1.00 bits per heavy atom. The molecule has 2 amide bonds. The van der Waals surface area contributed by atoms with Gasteiger partial charge in [0.1, 0.15) is 5.58 Å². The van der Waals surface area contributed by atoms with Crippen molar-refractivity contribution >= 4 is 46.0 Å². The molecule has 2 N–H and O–H groups in total. The van der Waals surface area contributed by atoms with E-state index in [2.05, 4.69) is 10.6 Å². The highest BCUT2D eigenvalue weighted by Crippen LogP contribution is 2.27. The lowest BCUT2D eigenvalue weighted by atomic mass is 10.1. The summed E-state index contributed by atoms with van der Waals surface area (Å²) >= 11 is 12.0. The first-order valence-electron chi connectivity index (χ1n) is 7.97. The van der Waals surface area contributed by atoms with Crippen molar-refractivity contribution < 1.29 is 14.0 Å². The first-order chi connectivity index (χ1) is 12.5. The highest BCUT2D eigenvalue weighted by Gasteiger charge is 2.17. The number of amides is 2. The molecule has 0 radical (unpaired) electrons. The molecule has 2 aromatic carbocycles. The second kappa shape index (κ2) is 7.81. The average molecular weight is 391 g/mol. The van der Waals surface area contributed by atoms with Gasteiger partial charge in [-0.3, -0.25) is 9.59 Å². The van der Waals surface area contributed by atoms with Gasteiger partial charge in [-0.25, -0.2) is 0 Å². The number of carbonyl (C=O) groups excluding carboxylic acids is 2. The van der Waals surface area contributed by atoms with E-state index in [0.29, 0.717) is 21.2 Å². The molecule has 5 nitrogen and oxygen atoms in total. The van der Waals surface area contributed by atoms with Gasteiger partial charge in [0.25, 0.3) is 11.8 Å². The zero-order chi connectivity index (χ0) is 18.7. The van der Waals surface area contributed by atoms with Crippen LogP contribution in [0, 0.1) is 6.92 Å². The minimum Gasteiger partial charge on any atom is -0.451 e. The fourth-order valence-corrected chi connectivity index (χ4v) is 2.98. The van der Waals surface area contributed by atoms with Crippen LogP contribution in [0.1, 0.15) is 26.5 Å². The van der Waals surface area contributed by atoms with Gasteiger partial charge >= 0.3 is 0 Å². The van der Waals surface area contributed by atoms with E-state index in [0.717, 1.165) is 10.9 Å². The Hall–Kier alpha value is -2.50. The molecule has 0 spiro atoms. The molecule has 0 unspecified atom stereocenters. The van der Waals surface area contributed by atoms with Gasteiger partial charge in [0.05, 0.1) is 10.6 Å². The van der Waals surface area contributed by atoms with Gasteiger partial charge in [0.15, 0.2) is 5.76 Å².